The van der Waals surface area contributed by atoms with Gasteiger partial charge in [0.05, 0.1) is 0 Å². The first kappa shape index (κ1) is 15.1. The van der Waals surface area contributed by atoms with Crippen LogP contribution in [0.4, 0.5) is 0 Å². The Morgan fingerprint density at radius 1 is 1.00 bits per heavy atom. The maximum absolute atomic E-state index is 6.26. The molecule has 0 bridgehead atoms. The lowest BCUT2D eigenvalue weighted by atomic mass is 9.78. The zero-order chi connectivity index (χ0) is 15.5. The quantitative estimate of drug-likeness (QED) is 0.750. The predicted molar refractivity (Wildman–Crippen MR) is 90.0 cm³/mol. The van der Waals surface area contributed by atoms with Gasteiger partial charge < -0.3 is 9.47 Å². The zero-order valence-electron chi connectivity index (χ0n) is 13.6. The lowest BCUT2D eigenvalue weighted by Gasteiger charge is -2.25. The van der Waals surface area contributed by atoms with Gasteiger partial charge in [-0.3, -0.25) is 0 Å². The smallest absolute Gasteiger partial charge is 0.130 e. The Kier molecular flexibility index (Phi) is 4.49. The number of rotatable bonds is 4. The summed E-state index contributed by atoms with van der Waals surface area (Å²) in [5.74, 6) is 2.90. The van der Waals surface area contributed by atoms with Crippen molar-refractivity contribution in [2.75, 3.05) is 13.7 Å². The van der Waals surface area contributed by atoms with Gasteiger partial charge in [0.2, 0.25) is 0 Å². The number of aryl methyl sites for hydroxylation is 1. The molecule has 2 heteroatoms. The van der Waals surface area contributed by atoms with Gasteiger partial charge in [0, 0.05) is 13.7 Å². The Balaban J connectivity index is 2.13. The predicted octanol–water partition coefficient (Wildman–Crippen LogP) is 5.41. The molecular weight excluding hydrogens is 272 g/mol. The molecule has 0 saturated carbocycles. The summed E-state index contributed by atoms with van der Waals surface area (Å²) in [5.41, 5.74) is 3.93. The van der Waals surface area contributed by atoms with Gasteiger partial charge in [0.1, 0.15) is 11.5 Å². The number of methoxy groups -OCH3 is 1. The molecule has 2 aromatic rings. The Morgan fingerprint density at radius 3 is 2.55 bits per heavy atom. The highest BCUT2D eigenvalue weighted by atomic mass is 16.5. The number of hydrogen-bond donors (Lipinski definition) is 0. The largest absolute Gasteiger partial charge is 0.457 e. The molecule has 2 atom stereocenters. The average Bonchev–Trinajstić information content (AvgIpc) is 2.66. The van der Waals surface area contributed by atoms with E-state index >= 15 is 0 Å². The molecular formula is C20H24O2. The van der Waals surface area contributed by atoms with Crippen LogP contribution in [0, 0.1) is 6.92 Å². The number of fused-ring (bicyclic) bond motifs is 2. The molecule has 3 rings (SSSR count). The van der Waals surface area contributed by atoms with E-state index in [2.05, 4.69) is 50.2 Å². The third-order valence-corrected chi connectivity index (χ3v) is 4.66. The van der Waals surface area contributed by atoms with E-state index in [0.717, 1.165) is 30.9 Å². The van der Waals surface area contributed by atoms with E-state index < -0.39 is 0 Å². The highest BCUT2D eigenvalue weighted by Gasteiger charge is 2.31. The molecule has 0 amide bonds. The second kappa shape index (κ2) is 6.53. The van der Waals surface area contributed by atoms with Gasteiger partial charge in [-0.25, -0.2) is 0 Å². The van der Waals surface area contributed by atoms with Crippen LogP contribution in [0.25, 0.3) is 0 Å². The van der Waals surface area contributed by atoms with Crippen molar-refractivity contribution in [1.82, 2.24) is 0 Å². The summed E-state index contributed by atoms with van der Waals surface area (Å²) in [6.45, 7) is 5.19. The normalized spacial score (nSPS) is 19.8. The summed E-state index contributed by atoms with van der Waals surface area (Å²) in [4.78, 5) is 0. The summed E-state index contributed by atoms with van der Waals surface area (Å²) in [6, 6.07) is 15.0. The zero-order valence-corrected chi connectivity index (χ0v) is 13.6. The standard InChI is InChI=1S/C20H24O2/c1-4-15-16(11-12-21-3)17-7-5-6-8-19(17)22-20-10-9-14(2)13-18(15)20/h5-10,13,15-16H,4,11-12H2,1-3H3. The monoisotopic (exact) mass is 296 g/mol. The van der Waals surface area contributed by atoms with Crippen LogP contribution >= 0.6 is 0 Å². The summed E-state index contributed by atoms with van der Waals surface area (Å²) < 4.78 is 11.6. The minimum absolute atomic E-state index is 0.434. The highest BCUT2D eigenvalue weighted by molar-refractivity contribution is 5.50. The Bertz CT molecular complexity index is 648. The van der Waals surface area contributed by atoms with E-state index in [1.165, 1.54) is 16.7 Å². The molecule has 1 heterocycles. The van der Waals surface area contributed by atoms with E-state index in [0.29, 0.717) is 11.8 Å². The molecule has 0 radical (unpaired) electrons. The molecule has 1 aliphatic heterocycles. The number of benzene rings is 2. The van der Waals surface area contributed by atoms with Crippen LogP contribution in [0.1, 0.15) is 48.3 Å². The molecule has 0 aliphatic carbocycles. The van der Waals surface area contributed by atoms with Gasteiger partial charge in [0.25, 0.3) is 0 Å². The maximum Gasteiger partial charge on any atom is 0.130 e. The number of hydrogen-bond acceptors (Lipinski definition) is 2. The molecule has 0 spiro atoms. The van der Waals surface area contributed by atoms with E-state index in [1.54, 1.807) is 7.11 Å². The minimum atomic E-state index is 0.434. The SMILES string of the molecule is CCC1c2cc(C)ccc2Oc2ccccc2C1CCOC. The van der Waals surface area contributed by atoms with Gasteiger partial charge >= 0.3 is 0 Å². The fourth-order valence-electron chi connectivity index (χ4n) is 3.59. The van der Waals surface area contributed by atoms with Gasteiger partial charge in [0.15, 0.2) is 0 Å². The first-order valence-corrected chi connectivity index (χ1v) is 8.10. The lowest BCUT2D eigenvalue weighted by Crippen LogP contribution is -2.12. The van der Waals surface area contributed by atoms with Crippen molar-refractivity contribution in [2.45, 2.75) is 38.5 Å². The van der Waals surface area contributed by atoms with E-state index in [4.69, 9.17) is 9.47 Å². The summed E-state index contributed by atoms with van der Waals surface area (Å²) in [6.07, 6.45) is 2.12. The second-order valence-corrected chi connectivity index (χ2v) is 6.08. The Labute approximate surface area is 133 Å². The third-order valence-electron chi connectivity index (χ3n) is 4.66. The molecule has 2 nitrogen and oxygen atoms in total. The Hall–Kier alpha value is -1.80. The summed E-state index contributed by atoms with van der Waals surface area (Å²) >= 11 is 0. The highest BCUT2D eigenvalue weighted by Crippen LogP contribution is 2.49. The fraction of sp³-hybridized carbons (Fsp3) is 0.400. The Morgan fingerprint density at radius 2 is 1.77 bits per heavy atom. The lowest BCUT2D eigenvalue weighted by molar-refractivity contribution is 0.183. The maximum atomic E-state index is 6.26. The van der Waals surface area contributed by atoms with Gasteiger partial charge in [-0.1, -0.05) is 42.8 Å². The molecule has 0 N–H and O–H groups in total. The average molecular weight is 296 g/mol. The van der Waals surface area contributed by atoms with E-state index in [1.807, 2.05) is 6.07 Å². The van der Waals surface area contributed by atoms with Crippen LogP contribution in [0.15, 0.2) is 42.5 Å². The first-order valence-electron chi connectivity index (χ1n) is 8.10. The fourth-order valence-corrected chi connectivity index (χ4v) is 3.59. The van der Waals surface area contributed by atoms with Gasteiger partial charge in [-0.2, -0.15) is 0 Å². The van der Waals surface area contributed by atoms with Crippen molar-refractivity contribution in [1.29, 1.82) is 0 Å². The van der Waals surface area contributed by atoms with Gasteiger partial charge in [-0.05, 0) is 54.9 Å². The minimum Gasteiger partial charge on any atom is -0.457 e. The molecule has 116 valence electrons. The number of ether oxygens (including phenoxy) is 2. The molecule has 0 fully saturated rings. The van der Waals surface area contributed by atoms with Crippen molar-refractivity contribution < 1.29 is 9.47 Å². The van der Waals surface area contributed by atoms with Crippen LogP contribution < -0.4 is 4.74 Å². The topological polar surface area (TPSA) is 18.5 Å². The summed E-state index contributed by atoms with van der Waals surface area (Å²) in [7, 11) is 1.78. The molecule has 2 unspecified atom stereocenters. The summed E-state index contributed by atoms with van der Waals surface area (Å²) in [5, 5.41) is 0. The van der Waals surface area contributed by atoms with Crippen LogP contribution in [-0.2, 0) is 4.74 Å². The van der Waals surface area contributed by atoms with Crippen molar-refractivity contribution in [2.24, 2.45) is 0 Å². The molecule has 22 heavy (non-hydrogen) atoms. The van der Waals surface area contributed by atoms with E-state index in [9.17, 15) is 0 Å². The van der Waals surface area contributed by atoms with Crippen LogP contribution in [-0.4, -0.2) is 13.7 Å². The van der Waals surface area contributed by atoms with Crippen LogP contribution in [0.5, 0.6) is 11.5 Å². The molecule has 1 aliphatic rings. The number of para-hydroxylation sites is 1. The van der Waals surface area contributed by atoms with Crippen molar-refractivity contribution >= 4 is 0 Å². The molecule has 0 aromatic heterocycles. The van der Waals surface area contributed by atoms with Crippen molar-refractivity contribution in [3.8, 4) is 11.5 Å². The first-order chi connectivity index (χ1) is 10.7. The van der Waals surface area contributed by atoms with Crippen molar-refractivity contribution in [3.05, 3.63) is 59.2 Å². The molecule has 0 saturated heterocycles. The van der Waals surface area contributed by atoms with Crippen LogP contribution in [0.2, 0.25) is 0 Å². The van der Waals surface area contributed by atoms with Crippen molar-refractivity contribution in [3.63, 3.8) is 0 Å². The van der Waals surface area contributed by atoms with Crippen LogP contribution in [0.3, 0.4) is 0 Å². The third kappa shape index (κ3) is 2.76. The second-order valence-electron chi connectivity index (χ2n) is 6.08. The van der Waals surface area contributed by atoms with E-state index in [-0.39, 0.29) is 0 Å². The van der Waals surface area contributed by atoms with Gasteiger partial charge in [-0.15, -0.1) is 0 Å². The molecule has 2 aromatic carbocycles.